The summed E-state index contributed by atoms with van der Waals surface area (Å²) in [4.78, 5) is 29.4. The van der Waals surface area contributed by atoms with Gasteiger partial charge in [0.15, 0.2) is 0 Å². The number of benzene rings is 1. The predicted molar refractivity (Wildman–Crippen MR) is 78.4 cm³/mol. The fraction of sp³-hybridized carbons (Fsp3) is 0.267. The van der Waals surface area contributed by atoms with Crippen LogP contribution >= 0.6 is 11.6 Å². The maximum atomic E-state index is 12.6. The Kier molecular flexibility index (Phi) is 3.51. The van der Waals surface area contributed by atoms with E-state index in [-0.39, 0.29) is 12.5 Å². The number of carboxylic acids is 1. The molecule has 0 radical (unpaired) electrons. The minimum atomic E-state index is -0.862. The summed E-state index contributed by atoms with van der Waals surface area (Å²) in [6.45, 7) is 0.672. The van der Waals surface area contributed by atoms with Crippen LogP contribution in [-0.2, 0) is 4.79 Å². The molecule has 0 saturated carbocycles. The first kappa shape index (κ1) is 13.8. The summed E-state index contributed by atoms with van der Waals surface area (Å²) >= 11 is 6.06. The molecule has 0 unspecified atom stereocenters. The molecule has 1 aromatic heterocycles. The number of hydrogen-bond donors (Lipinski definition) is 1. The van der Waals surface area contributed by atoms with Gasteiger partial charge in [-0.25, -0.2) is 0 Å². The first-order valence-corrected chi connectivity index (χ1v) is 7.00. The maximum absolute atomic E-state index is 12.6. The zero-order valence-electron chi connectivity index (χ0n) is 11.1. The summed E-state index contributed by atoms with van der Waals surface area (Å²) in [5.74, 6) is -1.57. The molecule has 1 aliphatic heterocycles. The summed E-state index contributed by atoms with van der Waals surface area (Å²) in [6.07, 6.45) is 2.10. The van der Waals surface area contributed by atoms with Gasteiger partial charge in [0.05, 0.1) is 17.0 Å². The van der Waals surface area contributed by atoms with Gasteiger partial charge in [0, 0.05) is 29.7 Å². The lowest BCUT2D eigenvalue weighted by Crippen LogP contribution is -2.30. The lowest BCUT2D eigenvalue weighted by atomic mass is 10.1. The van der Waals surface area contributed by atoms with E-state index in [1.807, 2.05) is 6.07 Å². The van der Waals surface area contributed by atoms with Crippen LogP contribution in [0.1, 0.15) is 16.8 Å². The van der Waals surface area contributed by atoms with Crippen LogP contribution in [0.3, 0.4) is 0 Å². The fourth-order valence-electron chi connectivity index (χ4n) is 2.64. The van der Waals surface area contributed by atoms with Gasteiger partial charge >= 0.3 is 5.97 Å². The third kappa shape index (κ3) is 2.56. The Labute approximate surface area is 126 Å². The number of carbonyl (C=O) groups excluding carboxylic acids is 1. The van der Waals surface area contributed by atoms with Gasteiger partial charge in [-0.15, -0.1) is 0 Å². The predicted octanol–water partition coefficient (Wildman–Crippen LogP) is 2.43. The zero-order valence-corrected chi connectivity index (χ0v) is 11.9. The van der Waals surface area contributed by atoms with Crippen molar-refractivity contribution in [1.29, 1.82) is 0 Å². The first-order chi connectivity index (χ1) is 10.1. The number of carboxylic acid groups (broad SMARTS) is 1. The SMILES string of the molecule is O=C(O)[C@H]1CCN(C(=O)c2cc(Cl)cc3cccnc23)C1. The molecule has 2 heterocycles. The molecular weight excluding hydrogens is 292 g/mol. The van der Waals surface area contributed by atoms with E-state index in [0.29, 0.717) is 29.1 Å². The standard InChI is InChI=1S/C15H13ClN2O3/c16-11-6-9-2-1-4-17-13(9)12(7-11)14(19)18-5-3-10(8-18)15(20)21/h1-2,4,6-7,10H,3,5,8H2,(H,20,21)/t10-/m0/s1. The number of hydrogen-bond acceptors (Lipinski definition) is 3. The van der Waals surface area contributed by atoms with Gasteiger partial charge in [0.1, 0.15) is 0 Å². The van der Waals surface area contributed by atoms with Crippen molar-refractivity contribution in [3.8, 4) is 0 Å². The van der Waals surface area contributed by atoms with Crippen molar-refractivity contribution >= 4 is 34.4 Å². The molecule has 1 N–H and O–H groups in total. The lowest BCUT2D eigenvalue weighted by molar-refractivity contribution is -0.141. The van der Waals surface area contributed by atoms with Crippen LogP contribution in [0.2, 0.25) is 5.02 Å². The molecule has 1 saturated heterocycles. The highest BCUT2D eigenvalue weighted by molar-refractivity contribution is 6.32. The molecule has 6 heteroatoms. The van der Waals surface area contributed by atoms with Gasteiger partial charge in [-0.1, -0.05) is 17.7 Å². The highest BCUT2D eigenvalue weighted by Gasteiger charge is 2.32. The van der Waals surface area contributed by atoms with Gasteiger partial charge in [-0.3, -0.25) is 14.6 Å². The van der Waals surface area contributed by atoms with Crippen molar-refractivity contribution in [3.05, 3.63) is 41.0 Å². The first-order valence-electron chi connectivity index (χ1n) is 6.62. The molecule has 0 aliphatic carbocycles. The Hall–Kier alpha value is -2.14. The Morgan fingerprint density at radius 3 is 2.90 bits per heavy atom. The molecule has 1 aliphatic rings. The molecule has 108 valence electrons. The Morgan fingerprint density at radius 1 is 1.38 bits per heavy atom. The highest BCUT2D eigenvalue weighted by atomic mass is 35.5. The van der Waals surface area contributed by atoms with Crippen LogP contribution in [0.5, 0.6) is 0 Å². The molecule has 1 atom stereocenters. The van der Waals surface area contributed by atoms with Crippen molar-refractivity contribution < 1.29 is 14.7 Å². The number of likely N-dealkylation sites (tertiary alicyclic amines) is 1. The number of halogens is 1. The molecule has 1 fully saturated rings. The third-order valence-electron chi connectivity index (χ3n) is 3.72. The van der Waals surface area contributed by atoms with Crippen LogP contribution in [-0.4, -0.2) is 40.0 Å². The Morgan fingerprint density at radius 2 is 2.19 bits per heavy atom. The number of nitrogens with zero attached hydrogens (tertiary/aromatic N) is 2. The van der Waals surface area contributed by atoms with E-state index in [9.17, 15) is 9.59 Å². The second-order valence-corrected chi connectivity index (χ2v) is 5.54. The number of aromatic nitrogens is 1. The maximum Gasteiger partial charge on any atom is 0.308 e. The van der Waals surface area contributed by atoms with E-state index < -0.39 is 11.9 Å². The summed E-state index contributed by atoms with van der Waals surface area (Å²) in [6, 6.07) is 6.97. The second kappa shape index (κ2) is 5.33. The van der Waals surface area contributed by atoms with Crippen LogP contribution in [0.25, 0.3) is 10.9 Å². The number of rotatable bonds is 2. The van der Waals surface area contributed by atoms with E-state index >= 15 is 0 Å². The third-order valence-corrected chi connectivity index (χ3v) is 3.94. The smallest absolute Gasteiger partial charge is 0.308 e. The van der Waals surface area contributed by atoms with Gasteiger partial charge in [0.25, 0.3) is 5.91 Å². The van der Waals surface area contributed by atoms with Gasteiger partial charge in [0.2, 0.25) is 0 Å². The minimum Gasteiger partial charge on any atom is -0.481 e. The second-order valence-electron chi connectivity index (χ2n) is 5.10. The number of aliphatic carboxylic acids is 1. The normalized spacial score (nSPS) is 18.1. The number of fused-ring (bicyclic) bond motifs is 1. The zero-order chi connectivity index (χ0) is 15.0. The monoisotopic (exact) mass is 304 g/mol. The van der Waals surface area contributed by atoms with E-state index in [1.54, 1.807) is 29.3 Å². The number of amides is 1. The molecule has 3 rings (SSSR count). The van der Waals surface area contributed by atoms with Gasteiger partial charge < -0.3 is 10.0 Å². The molecular formula is C15H13ClN2O3. The van der Waals surface area contributed by atoms with Crippen LogP contribution < -0.4 is 0 Å². The van der Waals surface area contributed by atoms with Crippen LogP contribution in [0.4, 0.5) is 0 Å². The van der Waals surface area contributed by atoms with Crippen molar-refractivity contribution in [2.75, 3.05) is 13.1 Å². The van der Waals surface area contributed by atoms with E-state index in [0.717, 1.165) is 5.39 Å². The quantitative estimate of drug-likeness (QED) is 0.925. The van der Waals surface area contributed by atoms with Crippen LogP contribution in [0, 0.1) is 5.92 Å². The average molecular weight is 305 g/mol. The lowest BCUT2D eigenvalue weighted by Gasteiger charge is -2.17. The van der Waals surface area contributed by atoms with E-state index in [1.165, 1.54) is 0 Å². The molecule has 0 spiro atoms. The molecule has 2 aromatic rings. The molecule has 1 amide bonds. The molecule has 0 bridgehead atoms. The fourth-order valence-corrected chi connectivity index (χ4v) is 2.86. The summed E-state index contributed by atoms with van der Waals surface area (Å²) in [5.41, 5.74) is 1.01. The number of pyridine rings is 1. The van der Waals surface area contributed by atoms with Crippen molar-refractivity contribution in [2.45, 2.75) is 6.42 Å². The molecule has 21 heavy (non-hydrogen) atoms. The largest absolute Gasteiger partial charge is 0.481 e. The summed E-state index contributed by atoms with van der Waals surface area (Å²) < 4.78 is 0. The summed E-state index contributed by atoms with van der Waals surface area (Å²) in [7, 11) is 0. The van der Waals surface area contributed by atoms with Gasteiger partial charge in [-0.2, -0.15) is 0 Å². The average Bonchev–Trinajstić information content (AvgIpc) is 2.95. The summed E-state index contributed by atoms with van der Waals surface area (Å²) in [5, 5.41) is 10.3. The van der Waals surface area contributed by atoms with Crippen molar-refractivity contribution in [3.63, 3.8) is 0 Å². The molecule has 5 nitrogen and oxygen atoms in total. The topological polar surface area (TPSA) is 70.5 Å². The minimum absolute atomic E-state index is 0.218. The highest BCUT2D eigenvalue weighted by Crippen LogP contribution is 2.26. The van der Waals surface area contributed by atoms with Crippen molar-refractivity contribution in [1.82, 2.24) is 9.88 Å². The Balaban J connectivity index is 1.97. The van der Waals surface area contributed by atoms with E-state index in [4.69, 9.17) is 16.7 Å². The number of carbonyl (C=O) groups is 2. The van der Waals surface area contributed by atoms with Gasteiger partial charge in [-0.05, 0) is 24.6 Å². The van der Waals surface area contributed by atoms with Crippen molar-refractivity contribution in [2.24, 2.45) is 5.92 Å². The molecule has 1 aromatic carbocycles. The van der Waals surface area contributed by atoms with E-state index in [2.05, 4.69) is 4.98 Å². The van der Waals surface area contributed by atoms with Crippen LogP contribution in [0.15, 0.2) is 30.5 Å². The Bertz CT molecular complexity index is 732.